The highest BCUT2D eigenvalue weighted by molar-refractivity contribution is 7.89. The summed E-state index contributed by atoms with van der Waals surface area (Å²) >= 11 is 12.3. The van der Waals surface area contributed by atoms with Crippen LogP contribution in [0.25, 0.3) is 0 Å². The summed E-state index contributed by atoms with van der Waals surface area (Å²) in [6, 6.07) is 2.61. The van der Waals surface area contributed by atoms with Crippen molar-refractivity contribution in [1.82, 2.24) is 9.62 Å². The topological polar surface area (TPSA) is 66.5 Å². The number of amides is 1. The average Bonchev–Trinajstić information content (AvgIpc) is 2.53. The molecule has 1 heterocycles. The van der Waals surface area contributed by atoms with E-state index in [0.717, 1.165) is 12.8 Å². The van der Waals surface area contributed by atoms with Crippen LogP contribution in [0.2, 0.25) is 10.0 Å². The van der Waals surface area contributed by atoms with Crippen LogP contribution in [0.5, 0.6) is 0 Å². The molecule has 1 aromatic carbocycles. The largest absolute Gasteiger partial charge is 0.339 e. The van der Waals surface area contributed by atoms with Crippen LogP contribution in [0.3, 0.4) is 0 Å². The number of nitrogens with zero attached hydrogens (tertiary/aromatic N) is 1. The lowest BCUT2D eigenvalue weighted by atomic mass is 9.98. The summed E-state index contributed by atoms with van der Waals surface area (Å²) < 4.78 is 27.5. The maximum atomic E-state index is 12.8. The molecule has 1 saturated heterocycles. The predicted octanol–water partition coefficient (Wildman–Crippen LogP) is 3.80. The zero-order chi connectivity index (χ0) is 18.8. The summed E-state index contributed by atoms with van der Waals surface area (Å²) in [4.78, 5) is 14.4. The van der Waals surface area contributed by atoms with E-state index in [2.05, 4.69) is 11.6 Å². The van der Waals surface area contributed by atoms with Crippen LogP contribution >= 0.6 is 23.2 Å². The number of carbonyl (C=O) groups is 1. The first-order valence-electron chi connectivity index (χ1n) is 8.39. The number of nitrogens with one attached hydrogen (secondary N) is 1. The number of hydrogen-bond donors (Lipinski definition) is 1. The third-order valence-corrected chi connectivity index (χ3v) is 6.49. The summed E-state index contributed by atoms with van der Waals surface area (Å²) in [5.41, 5.74) is 0.172. The first-order valence-corrected chi connectivity index (χ1v) is 10.6. The molecule has 0 saturated carbocycles. The highest BCUT2D eigenvalue weighted by atomic mass is 35.5. The quantitative estimate of drug-likeness (QED) is 0.808. The van der Waals surface area contributed by atoms with Gasteiger partial charge in [-0.1, -0.05) is 44.0 Å². The van der Waals surface area contributed by atoms with Crippen molar-refractivity contribution in [3.8, 4) is 0 Å². The Morgan fingerprint density at radius 1 is 1.24 bits per heavy atom. The monoisotopic (exact) mass is 406 g/mol. The van der Waals surface area contributed by atoms with Crippen LogP contribution in [0, 0.1) is 11.8 Å². The number of sulfonamides is 1. The molecule has 0 aromatic heterocycles. The molecule has 0 atom stereocenters. The van der Waals surface area contributed by atoms with Crippen LogP contribution in [0.15, 0.2) is 17.0 Å². The fourth-order valence-corrected chi connectivity index (χ4v) is 4.70. The third kappa shape index (κ3) is 5.09. The van der Waals surface area contributed by atoms with Crippen LogP contribution < -0.4 is 4.72 Å². The molecule has 5 nitrogen and oxygen atoms in total. The lowest BCUT2D eigenvalue weighted by Crippen LogP contribution is -2.38. The van der Waals surface area contributed by atoms with Crippen molar-refractivity contribution in [1.29, 1.82) is 0 Å². The molecule has 1 N–H and O–H groups in total. The fraction of sp³-hybridized carbons (Fsp3) is 0.588. The Morgan fingerprint density at radius 3 is 2.40 bits per heavy atom. The molecule has 0 radical (unpaired) electrons. The maximum absolute atomic E-state index is 12.8. The molecule has 0 unspecified atom stereocenters. The molecule has 1 amide bonds. The Kier molecular flexibility index (Phi) is 6.76. The number of rotatable bonds is 5. The molecule has 25 heavy (non-hydrogen) atoms. The molecule has 1 aliphatic rings. The first-order chi connectivity index (χ1) is 11.6. The molecule has 8 heteroatoms. The van der Waals surface area contributed by atoms with Crippen molar-refractivity contribution in [3.05, 3.63) is 27.7 Å². The van der Waals surface area contributed by atoms with E-state index in [4.69, 9.17) is 23.2 Å². The van der Waals surface area contributed by atoms with Gasteiger partial charge in [-0.05, 0) is 36.8 Å². The molecule has 0 spiro atoms. The van der Waals surface area contributed by atoms with Crippen LogP contribution in [0.4, 0.5) is 0 Å². The Hall–Kier alpha value is -0.820. The summed E-state index contributed by atoms with van der Waals surface area (Å²) in [5, 5.41) is 0.168. The molecular weight excluding hydrogens is 383 g/mol. The van der Waals surface area contributed by atoms with Gasteiger partial charge in [0.05, 0.1) is 15.6 Å². The molecule has 2 rings (SSSR count). The summed E-state index contributed by atoms with van der Waals surface area (Å²) in [7, 11) is -3.81. The number of benzene rings is 1. The minimum atomic E-state index is -3.81. The van der Waals surface area contributed by atoms with E-state index in [0.29, 0.717) is 19.0 Å². The number of hydrogen-bond acceptors (Lipinski definition) is 3. The zero-order valence-corrected chi connectivity index (χ0v) is 17.0. The van der Waals surface area contributed by atoms with Gasteiger partial charge in [-0.25, -0.2) is 13.1 Å². The van der Waals surface area contributed by atoms with Gasteiger partial charge in [-0.3, -0.25) is 4.79 Å². The minimum absolute atomic E-state index is 0.00470. The van der Waals surface area contributed by atoms with E-state index >= 15 is 0 Å². The molecule has 0 aliphatic carbocycles. The Bertz CT molecular complexity index is 743. The standard InChI is InChI=1S/C17H24Cl2N2O3S/c1-11(2)10-20-25(23,24)16-8-13(14(18)9-15(16)19)17(22)21-6-4-12(3)5-7-21/h8-9,11-12,20H,4-7,10H2,1-3H3. The van der Waals surface area contributed by atoms with Gasteiger partial charge in [0.1, 0.15) is 4.90 Å². The van der Waals surface area contributed by atoms with Gasteiger partial charge in [0, 0.05) is 19.6 Å². The second-order valence-corrected chi connectivity index (χ2v) is 9.53. The number of piperidine rings is 1. The molecule has 0 bridgehead atoms. The second-order valence-electron chi connectivity index (χ2n) is 6.98. The van der Waals surface area contributed by atoms with Gasteiger partial charge < -0.3 is 4.90 Å². The molecule has 1 fully saturated rings. The van der Waals surface area contributed by atoms with E-state index in [9.17, 15) is 13.2 Å². The van der Waals surface area contributed by atoms with E-state index < -0.39 is 10.0 Å². The predicted molar refractivity (Wildman–Crippen MR) is 101 cm³/mol. The molecule has 1 aromatic rings. The third-order valence-electron chi connectivity index (χ3n) is 4.29. The second kappa shape index (κ2) is 8.25. The van der Waals surface area contributed by atoms with Crippen molar-refractivity contribution in [3.63, 3.8) is 0 Å². The minimum Gasteiger partial charge on any atom is -0.339 e. The van der Waals surface area contributed by atoms with Crippen molar-refractivity contribution in [2.45, 2.75) is 38.5 Å². The molecular formula is C17H24Cl2N2O3S. The van der Waals surface area contributed by atoms with E-state index in [1.54, 1.807) is 4.90 Å². The van der Waals surface area contributed by atoms with Crippen molar-refractivity contribution >= 4 is 39.1 Å². The first kappa shape index (κ1) is 20.5. The Labute approximate surface area is 159 Å². The van der Waals surface area contributed by atoms with Crippen LogP contribution in [-0.2, 0) is 10.0 Å². The summed E-state index contributed by atoms with van der Waals surface area (Å²) in [6.07, 6.45) is 1.86. The molecule has 140 valence electrons. The Morgan fingerprint density at radius 2 is 1.84 bits per heavy atom. The number of carbonyl (C=O) groups excluding carboxylic acids is 1. The van der Waals surface area contributed by atoms with E-state index in [1.807, 2.05) is 13.8 Å². The van der Waals surface area contributed by atoms with Gasteiger partial charge in [-0.15, -0.1) is 0 Å². The van der Waals surface area contributed by atoms with Crippen LogP contribution in [0.1, 0.15) is 44.0 Å². The SMILES string of the molecule is CC(C)CNS(=O)(=O)c1cc(C(=O)N2CCC(C)CC2)c(Cl)cc1Cl. The van der Waals surface area contributed by atoms with Crippen molar-refractivity contribution in [2.75, 3.05) is 19.6 Å². The fourth-order valence-electron chi connectivity index (χ4n) is 2.64. The van der Waals surface area contributed by atoms with Crippen molar-refractivity contribution < 1.29 is 13.2 Å². The maximum Gasteiger partial charge on any atom is 0.255 e. The number of halogens is 2. The zero-order valence-electron chi connectivity index (χ0n) is 14.7. The normalized spacial score (nSPS) is 16.5. The summed E-state index contributed by atoms with van der Waals surface area (Å²) in [6.45, 7) is 7.53. The van der Waals surface area contributed by atoms with Gasteiger partial charge >= 0.3 is 0 Å². The van der Waals surface area contributed by atoms with Gasteiger partial charge in [-0.2, -0.15) is 0 Å². The van der Waals surface area contributed by atoms with Gasteiger partial charge in [0.15, 0.2) is 0 Å². The highest BCUT2D eigenvalue weighted by Crippen LogP contribution is 2.30. The lowest BCUT2D eigenvalue weighted by molar-refractivity contribution is 0.0697. The smallest absolute Gasteiger partial charge is 0.255 e. The van der Waals surface area contributed by atoms with Crippen molar-refractivity contribution in [2.24, 2.45) is 11.8 Å². The molecule has 1 aliphatic heterocycles. The van der Waals surface area contributed by atoms with Crippen LogP contribution in [-0.4, -0.2) is 38.9 Å². The van der Waals surface area contributed by atoms with E-state index in [1.165, 1.54) is 12.1 Å². The van der Waals surface area contributed by atoms with E-state index in [-0.39, 0.29) is 38.9 Å². The van der Waals surface area contributed by atoms with Gasteiger partial charge in [0.2, 0.25) is 10.0 Å². The average molecular weight is 407 g/mol. The van der Waals surface area contributed by atoms with Gasteiger partial charge in [0.25, 0.3) is 5.91 Å². The lowest BCUT2D eigenvalue weighted by Gasteiger charge is -2.30. The number of likely N-dealkylation sites (tertiary alicyclic amines) is 1. The highest BCUT2D eigenvalue weighted by Gasteiger charge is 2.27. The summed E-state index contributed by atoms with van der Waals surface area (Å²) in [5.74, 6) is 0.479. The Balaban J connectivity index is 2.32.